The summed E-state index contributed by atoms with van der Waals surface area (Å²) in [6.07, 6.45) is 4.02. The van der Waals surface area contributed by atoms with Crippen LogP contribution in [0.4, 0.5) is 5.69 Å². The summed E-state index contributed by atoms with van der Waals surface area (Å²) >= 11 is 0. The molecule has 158 valence electrons. The number of ether oxygens (including phenoxy) is 1. The van der Waals surface area contributed by atoms with Crippen molar-refractivity contribution in [3.05, 3.63) is 39.9 Å². The first-order valence-electron chi connectivity index (χ1n) is 9.66. The second kappa shape index (κ2) is 9.99. The van der Waals surface area contributed by atoms with E-state index in [9.17, 15) is 24.5 Å². The van der Waals surface area contributed by atoms with Gasteiger partial charge in [0.1, 0.15) is 6.04 Å². The average Bonchev–Trinajstić information content (AvgIpc) is 2.71. The number of likely N-dealkylation sites (N-methyl/N-ethyl adjacent to an activating group) is 1. The van der Waals surface area contributed by atoms with Gasteiger partial charge in [-0.2, -0.15) is 0 Å². The van der Waals surface area contributed by atoms with Crippen LogP contribution in [0.2, 0.25) is 0 Å². The minimum atomic E-state index is -1.00. The number of rotatable bonds is 7. The van der Waals surface area contributed by atoms with Gasteiger partial charge < -0.3 is 15.0 Å². The average molecular weight is 405 g/mol. The number of nitro groups is 1. The Labute approximate surface area is 169 Å². The first-order chi connectivity index (χ1) is 13.7. The molecule has 1 N–H and O–H groups in total. The molecule has 9 heteroatoms. The lowest BCUT2D eigenvalue weighted by Crippen LogP contribution is -2.43. The summed E-state index contributed by atoms with van der Waals surface area (Å²) < 4.78 is 5.04. The third kappa shape index (κ3) is 6.27. The topological polar surface area (TPSA) is 119 Å². The van der Waals surface area contributed by atoms with Crippen molar-refractivity contribution in [2.45, 2.75) is 51.6 Å². The number of benzene rings is 1. The Morgan fingerprint density at radius 2 is 1.93 bits per heavy atom. The second-order valence-corrected chi connectivity index (χ2v) is 7.53. The minimum Gasteiger partial charge on any atom is -0.454 e. The number of hydrogen-bond acceptors (Lipinski definition) is 6. The van der Waals surface area contributed by atoms with Gasteiger partial charge >= 0.3 is 5.97 Å². The van der Waals surface area contributed by atoms with Crippen molar-refractivity contribution in [3.63, 3.8) is 0 Å². The molecule has 1 aliphatic rings. The van der Waals surface area contributed by atoms with Crippen LogP contribution in [0, 0.1) is 16.0 Å². The Morgan fingerprint density at radius 1 is 1.28 bits per heavy atom. The number of nitrogens with zero attached hydrogens (tertiary/aromatic N) is 2. The Balaban J connectivity index is 1.82. The van der Waals surface area contributed by atoms with E-state index in [0.29, 0.717) is 5.92 Å². The van der Waals surface area contributed by atoms with Gasteiger partial charge in [-0.1, -0.05) is 13.0 Å². The van der Waals surface area contributed by atoms with Gasteiger partial charge in [0.25, 0.3) is 17.5 Å². The van der Waals surface area contributed by atoms with Crippen LogP contribution in [0.25, 0.3) is 0 Å². The summed E-state index contributed by atoms with van der Waals surface area (Å²) in [6, 6.07) is 4.33. The molecular weight excluding hydrogens is 378 g/mol. The third-order valence-electron chi connectivity index (χ3n) is 5.28. The molecule has 1 fully saturated rings. The normalized spacial score (nSPS) is 19.7. The van der Waals surface area contributed by atoms with Crippen LogP contribution >= 0.6 is 0 Å². The highest BCUT2D eigenvalue weighted by molar-refractivity contribution is 5.97. The first kappa shape index (κ1) is 22.3. The largest absolute Gasteiger partial charge is 0.454 e. The summed E-state index contributed by atoms with van der Waals surface area (Å²) in [6.45, 7) is 3.23. The summed E-state index contributed by atoms with van der Waals surface area (Å²) in [5, 5.41) is 13.2. The molecule has 1 saturated carbocycles. The lowest BCUT2D eigenvalue weighted by atomic mass is 9.87. The number of carbonyl (C=O) groups excluding carboxylic acids is 3. The molecule has 0 bridgehead atoms. The van der Waals surface area contributed by atoms with E-state index >= 15 is 0 Å². The molecule has 29 heavy (non-hydrogen) atoms. The zero-order chi connectivity index (χ0) is 21.6. The molecule has 0 radical (unpaired) electrons. The van der Waals surface area contributed by atoms with E-state index in [1.807, 2.05) is 0 Å². The number of nitro benzene ring substituents is 1. The van der Waals surface area contributed by atoms with Crippen molar-refractivity contribution in [3.8, 4) is 0 Å². The Morgan fingerprint density at radius 3 is 2.55 bits per heavy atom. The lowest BCUT2D eigenvalue weighted by Gasteiger charge is -2.33. The van der Waals surface area contributed by atoms with Crippen molar-refractivity contribution in [1.29, 1.82) is 0 Å². The van der Waals surface area contributed by atoms with E-state index in [0.717, 1.165) is 31.7 Å². The maximum absolute atomic E-state index is 12.3. The van der Waals surface area contributed by atoms with Crippen LogP contribution in [0.1, 0.15) is 49.9 Å². The predicted octanol–water partition coefficient (Wildman–Crippen LogP) is 2.29. The van der Waals surface area contributed by atoms with Crippen LogP contribution < -0.4 is 5.32 Å². The summed E-state index contributed by atoms with van der Waals surface area (Å²) in [5.74, 6) is -1.00. The molecule has 0 unspecified atom stereocenters. The highest BCUT2D eigenvalue weighted by Gasteiger charge is 2.26. The minimum absolute atomic E-state index is 0.0567. The van der Waals surface area contributed by atoms with Crippen LogP contribution in [-0.2, 0) is 14.3 Å². The third-order valence-corrected chi connectivity index (χ3v) is 5.28. The quantitative estimate of drug-likeness (QED) is 0.422. The van der Waals surface area contributed by atoms with Gasteiger partial charge in [-0.15, -0.1) is 0 Å². The second-order valence-electron chi connectivity index (χ2n) is 7.53. The van der Waals surface area contributed by atoms with Gasteiger partial charge in [0.15, 0.2) is 6.61 Å². The van der Waals surface area contributed by atoms with Crippen LogP contribution in [0.15, 0.2) is 24.3 Å². The predicted molar refractivity (Wildman–Crippen MR) is 105 cm³/mol. The maximum atomic E-state index is 12.3. The molecule has 2 amide bonds. The molecule has 0 aromatic heterocycles. The van der Waals surface area contributed by atoms with E-state index in [1.165, 1.54) is 25.1 Å². The smallest absolute Gasteiger partial charge is 0.328 e. The van der Waals surface area contributed by atoms with Gasteiger partial charge in [0, 0.05) is 30.8 Å². The fraction of sp³-hybridized carbons (Fsp3) is 0.550. The Hall–Kier alpha value is -2.97. The molecule has 0 heterocycles. The molecule has 0 spiro atoms. The molecule has 1 atom stereocenters. The molecule has 9 nitrogen and oxygen atoms in total. The van der Waals surface area contributed by atoms with Crippen molar-refractivity contribution < 1.29 is 24.0 Å². The van der Waals surface area contributed by atoms with Crippen molar-refractivity contribution in [2.24, 2.45) is 5.92 Å². The Bertz CT molecular complexity index is 773. The number of esters is 1. The first-order valence-corrected chi connectivity index (χ1v) is 9.66. The van der Waals surface area contributed by atoms with Crippen molar-refractivity contribution in [1.82, 2.24) is 10.2 Å². The highest BCUT2D eigenvalue weighted by Crippen LogP contribution is 2.26. The molecule has 1 aromatic rings. The van der Waals surface area contributed by atoms with Gasteiger partial charge in [-0.25, -0.2) is 4.79 Å². The van der Waals surface area contributed by atoms with Crippen LogP contribution in [-0.4, -0.2) is 53.3 Å². The molecule has 2 rings (SSSR count). The van der Waals surface area contributed by atoms with Crippen molar-refractivity contribution >= 4 is 23.5 Å². The highest BCUT2D eigenvalue weighted by atomic mass is 16.6. The van der Waals surface area contributed by atoms with Crippen LogP contribution in [0.5, 0.6) is 0 Å². The number of hydrogen-bond donors (Lipinski definition) is 1. The Kier molecular flexibility index (Phi) is 7.69. The van der Waals surface area contributed by atoms with Gasteiger partial charge in [0.2, 0.25) is 0 Å². The molecule has 0 saturated heterocycles. The number of carbonyl (C=O) groups is 3. The number of amides is 2. The lowest BCUT2D eigenvalue weighted by molar-refractivity contribution is -0.384. The zero-order valence-corrected chi connectivity index (χ0v) is 16.9. The fourth-order valence-corrected chi connectivity index (χ4v) is 3.29. The maximum Gasteiger partial charge on any atom is 0.328 e. The summed E-state index contributed by atoms with van der Waals surface area (Å²) in [7, 11) is 1.71. The van der Waals surface area contributed by atoms with Crippen molar-refractivity contribution in [2.75, 3.05) is 13.7 Å². The van der Waals surface area contributed by atoms with Crippen LogP contribution in [0.3, 0.4) is 0 Å². The van der Waals surface area contributed by atoms with E-state index < -0.39 is 29.4 Å². The fourth-order valence-electron chi connectivity index (χ4n) is 3.29. The standard InChI is InChI=1S/C20H27N3O6/c1-13-7-9-16(10-8-13)22(3)18(24)12-29-20(26)14(2)21-19(25)15-5-4-6-17(11-15)23(27)28/h4-6,11,13-14,16H,7-10,12H2,1-3H3,(H,21,25)/t13?,14-,16?/m0/s1. The van der Waals surface area contributed by atoms with E-state index in [2.05, 4.69) is 12.2 Å². The van der Waals surface area contributed by atoms with Gasteiger partial charge in [-0.05, 0) is 44.6 Å². The SMILES string of the molecule is CC1CCC(N(C)C(=O)COC(=O)[C@H](C)NC(=O)c2cccc([N+](=O)[O-])c2)CC1. The molecule has 1 aromatic carbocycles. The van der Waals surface area contributed by atoms with E-state index in [-0.39, 0.29) is 23.2 Å². The molecule has 0 aliphatic heterocycles. The zero-order valence-electron chi connectivity index (χ0n) is 16.9. The van der Waals surface area contributed by atoms with Gasteiger partial charge in [-0.3, -0.25) is 19.7 Å². The number of nitrogens with one attached hydrogen (secondary N) is 1. The van der Waals surface area contributed by atoms with Gasteiger partial charge in [0.05, 0.1) is 4.92 Å². The monoisotopic (exact) mass is 405 g/mol. The summed E-state index contributed by atoms with van der Waals surface area (Å²) in [5.41, 5.74) is -0.167. The molecular formula is C20H27N3O6. The molecule has 1 aliphatic carbocycles. The summed E-state index contributed by atoms with van der Waals surface area (Å²) in [4.78, 5) is 48.4. The van der Waals surface area contributed by atoms with E-state index in [4.69, 9.17) is 4.74 Å². The van der Waals surface area contributed by atoms with E-state index in [1.54, 1.807) is 11.9 Å². The number of non-ortho nitro benzene ring substituents is 1.